The van der Waals surface area contributed by atoms with Crippen LogP contribution in [0, 0.1) is 16.0 Å². The van der Waals surface area contributed by atoms with E-state index in [1.807, 2.05) is 6.07 Å². The van der Waals surface area contributed by atoms with Gasteiger partial charge in [0.25, 0.3) is 0 Å². The van der Waals surface area contributed by atoms with Crippen molar-refractivity contribution in [2.45, 2.75) is 38.6 Å². The van der Waals surface area contributed by atoms with Gasteiger partial charge in [0.1, 0.15) is 0 Å². The monoisotopic (exact) mass is 254 g/mol. The number of nitro groups is 1. The van der Waals surface area contributed by atoms with Crippen molar-refractivity contribution in [2.24, 2.45) is 5.92 Å². The Labute approximate surface area is 105 Å². The van der Waals surface area contributed by atoms with Crippen LogP contribution in [0.2, 0.25) is 0 Å². The van der Waals surface area contributed by atoms with E-state index in [-0.39, 0.29) is 9.92 Å². The van der Waals surface area contributed by atoms with Crippen LogP contribution in [0.4, 0.5) is 5.00 Å². The quantitative estimate of drug-likeness (QED) is 0.481. The van der Waals surface area contributed by atoms with Gasteiger partial charge in [-0.05, 0) is 24.9 Å². The first-order valence-corrected chi connectivity index (χ1v) is 7.01. The maximum Gasteiger partial charge on any atom is 0.324 e. The third kappa shape index (κ3) is 3.78. The highest BCUT2D eigenvalue weighted by molar-refractivity contribution is 7.15. The lowest BCUT2D eigenvalue weighted by Crippen LogP contribution is -2.16. The van der Waals surface area contributed by atoms with Crippen molar-refractivity contribution in [3.8, 4) is 0 Å². The lowest BCUT2D eigenvalue weighted by atomic mass is 10.0. The van der Waals surface area contributed by atoms with E-state index in [0.29, 0.717) is 0 Å². The smallest absolute Gasteiger partial charge is 0.312 e. The molecule has 5 heteroatoms. The Morgan fingerprint density at radius 1 is 1.41 bits per heavy atom. The Morgan fingerprint density at radius 3 is 2.82 bits per heavy atom. The zero-order chi connectivity index (χ0) is 12.1. The molecule has 0 amide bonds. The first-order chi connectivity index (χ1) is 8.25. The summed E-state index contributed by atoms with van der Waals surface area (Å²) >= 11 is 1.26. The number of nitrogens with zero attached hydrogens (tertiary/aromatic N) is 1. The normalized spacial score (nSPS) is 16.5. The zero-order valence-corrected chi connectivity index (χ0v) is 10.7. The van der Waals surface area contributed by atoms with Gasteiger partial charge in [-0.15, -0.1) is 0 Å². The predicted molar refractivity (Wildman–Crippen MR) is 69.3 cm³/mol. The van der Waals surface area contributed by atoms with E-state index in [1.165, 1.54) is 43.4 Å². The van der Waals surface area contributed by atoms with Crippen LogP contribution >= 0.6 is 11.3 Å². The van der Waals surface area contributed by atoms with Crippen molar-refractivity contribution in [1.82, 2.24) is 5.32 Å². The largest absolute Gasteiger partial charge is 0.324 e. The molecule has 1 saturated carbocycles. The minimum Gasteiger partial charge on any atom is -0.312 e. The van der Waals surface area contributed by atoms with Crippen molar-refractivity contribution in [3.05, 3.63) is 27.1 Å². The number of rotatable bonds is 6. The van der Waals surface area contributed by atoms with Crippen molar-refractivity contribution in [3.63, 3.8) is 0 Å². The molecule has 1 aliphatic carbocycles. The molecule has 2 rings (SSSR count). The Kier molecular flexibility index (Phi) is 4.50. The Morgan fingerprint density at radius 2 is 2.18 bits per heavy atom. The van der Waals surface area contributed by atoms with Gasteiger partial charge in [0.05, 0.1) is 4.92 Å². The molecule has 0 atom stereocenters. The highest BCUT2D eigenvalue weighted by Crippen LogP contribution is 2.27. The molecule has 0 saturated heterocycles. The van der Waals surface area contributed by atoms with Crippen molar-refractivity contribution in [1.29, 1.82) is 0 Å². The molecule has 1 aliphatic rings. The van der Waals surface area contributed by atoms with Crippen LogP contribution in [-0.4, -0.2) is 11.5 Å². The zero-order valence-electron chi connectivity index (χ0n) is 9.85. The highest BCUT2D eigenvalue weighted by Gasteiger charge is 2.14. The summed E-state index contributed by atoms with van der Waals surface area (Å²) in [6.45, 7) is 1.78. The highest BCUT2D eigenvalue weighted by atomic mass is 32.1. The van der Waals surface area contributed by atoms with Gasteiger partial charge in [-0.1, -0.05) is 37.0 Å². The first-order valence-electron chi connectivity index (χ1n) is 6.19. The van der Waals surface area contributed by atoms with Gasteiger partial charge in [-0.3, -0.25) is 10.1 Å². The second-order valence-corrected chi connectivity index (χ2v) is 5.76. The van der Waals surface area contributed by atoms with Crippen molar-refractivity contribution >= 4 is 16.3 Å². The van der Waals surface area contributed by atoms with E-state index in [9.17, 15) is 10.1 Å². The molecule has 0 bridgehead atoms. The number of hydrogen-bond acceptors (Lipinski definition) is 4. The molecule has 0 aromatic carbocycles. The van der Waals surface area contributed by atoms with Gasteiger partial charge < -0.3 is 5.32 Å². The van der Waals surface area contributed by atoms with Gasteiger partial charge in [-0.25, -0.2) is 0 Å². The Hall–Kier alpha value is -0.940. The molecule has 1 N–H and O–H groups in total. The second kappa shape index (κ2) is 6.12. The molecule has 0 spiro atoms. The molecule has 0 unspecified atom stereocenters. The fourth-order valence-electron chi connectivity index (χ4n) is 2.38. The van der Waals surface area contributed by atoms with Crippen LogP contribution in [0.1, 0.15) is 37.0 Å². The van der Waals surface area contributed by atoms with Gasteiger partial charge in [0.2, 0.25) is 0 Å². The third-order valence-electron chi connectivity index (χ3n) is 3.33. The van der Waals surface area contributed by atoms with Crippen molar-refractivity contribution in [2.75, 3.05) is 6.54 Å². The van der Waals surface area contributed by atoms with Gasteiger partial charge in [0.15, 0.2) is 0 Å². The molecular formula is C12H18N2O2S. The fourth-order valence-corrected chi connectivity index (χ4v) is 3.17. The summed E-state index contributed by atoms with van der Waals surface area (Å²) in [6.07, 6.45) is 6.79. The molecule has 0 aliphatic heterocycles. The fraction of sp³-hybridized carbons (Fsp3) is 0.667. The second-order valence-electron chi connectivity index (χ2n) is 4.61. The van der Waals surface area contributed by atoms with Crippen molar-refractivity contribution < 1.29 is 4.92 Å². The molecular weight excluding hydrogens is 236 g/mol. The standard InChI is InChI=1S/C12H18N2O2S/c15-14(16)12-6-5-11(17-12)9-13-8-7-10-3-1-2-4-10/h5-6,10,13H,1-4,7-9H2. The first kappa shape index (κ1) is 12.5. The van der Waals surface area contributed by atoms with E-state index in [4.69, 9.17) is 0 Å². The Bertz CT molecular complexity index is 372. The lowest BCUT2D eigenvalue weighted by Gasteiger charge is -2.08. The number of hydrogen-bond donors (Lipinski definition) is 1. The molecule has 94 valence electrons. The van der Waals surface area contributed by atoms with E-state index in [1.54, 1.807) is 6.07 Å². The van der Waals surface area contributed by atoms with Gasteiger partial charge in [0, 0.05) is 17.5 Å². The van der Waals surface area contributed by atoms with Gasteiger partial charge in [-0.2, -0.15) is 0 Å². The topological polar surface area (TPSA) is 55.2 Å². The van der Waals surface area contributed by atoms with Crippen LogP contribution in [0.5, 0.6) is 0 Å². The van der Waals surface area contributed by atoms with Crippen LogP contribution in [0.3, 0.4) is 0 Å². The van der Waals surface area contributed by atoms with Crippen LogP contribution in [0.25, 0.3) is 0 Å². The van der Waals surface area contributed by atoms with Crippen LogP contribution in [0.15, 0.2) is 12.1 Å². The SMILES string of the molecule is O=[N+]([O-])c1ccc(CNCCC2CCCC2)s1. The third-order valence-corrected chi connectivity index (χ3v) is 4.37. The van der Waals surface area contributed by atoms with E-state index >= 15 is 0 Å². The summed E-state index contributed by atoms with van der Waals surface area (Å²) in [5.41, 5.74) is 0. The molecule has 17 heavy (non-hydrogen) atoms. The molecule has 1 aromatic heterocycles. The molecule has 0 radical (unpaired) electrons. The molecule has 4 nitrogen and oxygen atoms in total. The minimum atomic E-state index is -0.327. The predicted octanol–water partition coefficient (Wildman–Crippen LogP) is 3.33. The number of thiophene rings is 1. The van der Waals surface area contributed by atoms with E-state index in [2.05, 4.69) is 5.32 Å². The summed E-state index contributed by atoms with van der Waals surface area (Å²) in [7, 11) is 0. The van der Waals surface area contributed by atoms with Crippen LogP contribution < -0.4 is 5.32 Å². The molecule has 1 aromatic rings. The summed E-state index contributed by atoms with van der Waals surface area (Å²) in [5.74, 6) is 0.903. The number of nitrogens with one attached hydrogen (secondary N) is 1. The van der Waals surface area contributed by atoms with E-state index < -0.39 is 0 Å². The van der Waals surface area contributed by atoms with Gasteiger partial charge >= 0.3 is 5.00 Å². The minimum absolute atomic E-state index is 0.234. The average molecular weight is 254 g/mol. The molecule has 1 heterocycles. The summed E-state index contributed by atoms with van der Waals surface area (Å²) in [6, 6.07) is 3.42. The lowest BCUT2D eigenvalue weighted by molar-refractivity contribution is -0.380. The maximum atomic E-state index is 10.5. The molecule has 1 fully saturated rings. The average Bonchev–Trinajstić information content (AvgIpc) is 2.96. The summed E-state index contributed by atoms with van der Waals surface area (Å²) < 4.78 is 0. The summed E-state index contributed by atoms with van der Waals surface area (Å²) in [4.78, 5) is 11.2. The Balaban J connectivity index is 1.65. The van der Waals surface area contributed by atoms with Crippen LogP contribution in [-0.2, 0) is 6.54 Å². The maximum absolute atomic E-state index is 10.5. The van der Waals surface area contributed by atoms with E-state index in [0.717, 1.165) is 23.9 Å². The summed E-state index contributed by atoms with van der Waals surface area (Å²) in [5, 5.41) is 14.1.